The van der Waals surface area contributed by atoms with Gasteiger partial charge in [0.2, 0.25) is 5.91 Å². The number of likely N-dealkylation sites (tertiary alicyclic amines) is 1. The third-order valence-corrected chi connectivity index (χ3v) is 5.35. The van der Waals surface area contributed by atoms with Crippen LogP contribution >= 0.6 is 0 Å². The van der Waals surface area contributed by atoms with Crippen molar-refractivity contribution in [1.82, 2.24) is 10.2 Å². The Bertz CT molecular complexity index is 1130. The maximum absolute atomic E-state index is 12.7. The van der Waals surface area contributed by atoms with E-state index in [4.69, 9.17) is 4.42 Å². The average Bonchev–Trinajstić information content (AvgIpc) is 2.73. The van der Waals surface area contributed by atoms with Gasteiger partial charge in [0, 0.05) is 37.0 Å². The van der Waals surface area contributed by atoms with Gasteiger partial charge in [-0.25, -0.2) is 4.79 Å². The van der Waals surface area contributed by atoms with E-state index in [2.05, 4.69) is 5.32 Å². The summed E-state index contributed by atoms with van der Waals surface area (Å²) in [5.41, 5.74) is 1.66. The topological polar surface area (TPSA) is 79.6 Å². The van der Waals surface area contributed by atoms with Gasteiger partial charge >= 0.3 is 5.63 Å². The molecule has 0 aliphatic carbocycles. The smallest absolute Gasteiger partial charge is 0.344 e. The summed E-state index contributed by atoms with van der Waals surface area (Å²) in [5.74, 6) is -0.116. The van der Waals surface area contributed by atoms with Crippen LogP contribution in [0.1, 0.15) is 30.1 Å². The van der Waals surface area contributed by atoms with Gasteiger partial charge in [-0.1, -0.05) is 30.3 Å². The Labute approximate surface area is 168 Å². The number of rotatable bonds is 3. The van der Waals surface area contributed by atoms with Crippen molar-refractivity contribution < 1.29 is 14.0 Å². The zero-order valence-corrected chi connectivity index (χ0v) is 16.2. The molecule has 29 heavy (non-hydrogen) atoms. The number of amides is 2. The minimum Gasteiger partial charge on any atom is -0.422 e. The highest BCUT2D eigenvalue weighted by Crippen LogP contribution is 2.22. The average molecular weight is 390 g/mol. The molecular formula is C23H22N2O4. The Morgan fingerprint density at radius 3 is 2.55 bits per heavy atom. The number of carbonyl (C=O) groups excluding carboxylic acids is 2. The monoisotopic (exact) mass is 390 g/mol. The van der Waals surface area contributed by atoms with Crippen LogP contribution in [0, 0.1) is 0 Å². The van der Waals surface area contributed by atoms with Crippen LogP contribution in [-0.2, 0) is 4.79 Å². The summed E-state index contributed by atoms with van der Waals surface area (Å²) in [6, 6.07) is 16.1. The molecule has 2 amide bonds. The van der Waals surface area contributed by atoms with Crippen LogP contribution < -0.4 is 10.9 Å². The molecular weight excluding hydrogens is 368 g/mol. The van der Waals surface area contributed by atoms with E-state index in [1.165, 1.54) is 0 Å². The molecule has 4 rings (SSSR count). The first-order valence-electron chi connectivity index (χ1n) is 9.71. The molecule has 0 radical (unpaired) electrons. The number of nitrogens with zero attached hydrogens (tertiary/aromatic N) is 1. The first kappa shape index (κ1) is 18.9. The van der Waals surface area contributed by atoms with Crippen LogP contribution in [0.4, 0.5) is 0 Å². The zero-order valence-electron chi connectivity index (χ0n) is 16.2. The molecule has 0 unspecified atom stereocenters. The molecule has 1 fully saturated rings. The third kappa shape index (κ3) is 4.06. The van der Waals surface area contributed by atoms with Gasteiger partial charge in [-0.05, 0) is 42.7 Å². The molecule has 1 saturated heterocycles. The molecule has 1 aliphatic heterocycles. The Morgan fingerprint density at radius 2 is 1.79 bits per heavy atom. The summed E-state index contributed by atoms with van der Waals surface area (Å²) >= 11 is 0. The number of nitrogens with one attached hydrogen (secondary N) is 1. The zero-order chi connectivity index (χ0) is 20.4. The lowest BCUT2D eigenvalue weighted by molar-refractivity contribution is -0.129. The van der Waals surface area contributed by atoms with Crippen molar-refractivity contribution in [2.45, 2.75) is 25.8 Å². The van der Waals surface area contributed by atoms with E-state index in [1.54, 1.807) is 48.2 Å². The van der Waals surface area contributed by atoms with Gasteiger partial charge in [0.1, 0.15) is 5.58 Å². The predicted molar refractivity (Wildman–Crippen MR) is 111 cm³/mol. The van der Waals surface area contributed by atoms with Crippen LogP contribution in [0.2, 0.25) is 0 Å². The molecule has 1 N–H and O–H groups in total. The molecule has 0 atom stereocenters. The van der Waals surface area contributed by atoms with Crippen molar-refractivity contribution >= 4 is 22.8 Å². The first-order chi connectivity index (χ1) is 14.0. The fourth-order valence-electron chi connectivity index (χ4n) is 3.70. The maximum Gasteiger partial charge on any atom is 0.344 e. The minimum atomic E-state index is -0.433. The van der Waals surface area contributed by atoms with E-state index >= 15 is 0 Å². The maximum atomic E-state index is 12.7. The van der Waals surface area contributed by atoms with E-state index in [0.717, 1.165) is 18.2 Å². The van der Waals surface area contributed by atoms with Crippen molar-refractivity contribution in [3.8, 4) is 11.1 Å². The van der Waals surface area contributed by atoms with Gasteiger partial charge in [0.25, 0.3) is 5.91 Å². The Balaban J connectivity index is 1.53. The number of benzene rings is 2. The SMILES string of the molecule is CC(=O)N1CCC(NC(=O)c2cccc(-c3cc4ccccc4oc3=O)c2)CC1. The highest BCUT2D eigenvalue weighted by molar-refractivity contribution is 5.96. The molecule has 3 aromatic rings. The molecule has 1 aliphatic rings. The van der Waals surface area contributed by atoms with Crippen LogP contribution in [0.15, 0.2) is 63.8 Å². The van der Waals surface area contributed by atoms with Gasteiger partial charge in [-0.15, -0.1) is 0 Å². The summed E-state index contributed by atoms with van der Waals surface area (Å²) in [6.45, 7) is 2.87. The van der Waals surface area contributed by atoms with Crippen LogP contribution in [0.5, 0.6) is 0 Å². The van der Waals surface area contributed by atoms with E-state index in [1.807, 2.05) is 18.2 Å². The van der Waals surface area contributed by atoms with Crippen LogP contribution in [0.25, 0.3) is 22.1 Å². The molecule has 2 aromatic carbocycles. The fourth-order valence-corrected chi connectivity index (χ4v) is 3.70. The molecule has 6 heteroatoms. The first-order valence-corrected chi connectivity index (χ1v) is 9.71. The lowest BCUT2D eigenvalue weighted by atomic mass is 10.0. The number of piperidine rings is 1. The van der Waals surface area contributed by atoms with Gasteiger partial charge in [0.15, 0.2) is 0 Å². The number of carbonyl (C=O) groups is 2. The molecule has 2 heterocycles. The van der Waals surface area contributed by atoms with Crippen molar-refractivity contribution in [3.63, 3.8) is 0 Å². The summed E-state index contributed by atoms with van der Waals surface area (Å²) < 4.78 is 5.41. The second kappa shape index (κ2) is 7.91. The van der Waals surface area contributed by atoms with E-state index in [0.29, 0.717) is 35.4 Å². The Morgan fingerprint density at radius 1 is 1.03 bits per heavy atom. The quantitative estimate of drug-likeness (QED) is 0.697. The van der Waals surface area contributed by atoms with Crippen molar-refractivity contribution in [2.75, 3.05) is 13.1 Å². The minimum absolute atomic E-state index is 0.0347. The van der Waals surface area contributed by atoms with E-state index in [9.17, 15) is 14.4 Å². The summed E-state index contributed by atoms with van der Waals surface area (Å²) in [4.78, 5) is 38.4. The number of hydrogen-bond acceptors (Lipinski definition) is 4. The molecule has 6 nitrogen and oxygen atoms in total. The normalized spacial score (nSPS) is 14.7. The van der Waals surface area contributed by atoms with E-state index < -0.39 is 5.63 Å². The van der Waals surface area contributed by atoms with Gasteiger partial charge in [-0.2, -0.15) is 0 Å². The highest BCUT2D eigenvalue weighted by atomic mass is 16.4. The summed E-state index contributed by atoms with van der Waals surface area (Å²) in [5, 5.41) is 3.87. The fraction of sp³-hybridized carbons (Fsp3) is 0.261. The molecule has 1 aromatic heterocycles. The number of hydrogen-bond donors (Lipinski definition) is 1. The van der Waals surface area contributed by atoms with Crippen molar-refractivity contribution in [1.29, 1.82) is 0 Å². The lowest BCUT2D eigenvalue weighted by Gasteiger charge is -2.31. The number of para-hydroxylation sites is 1. The molecule has 0 saturated carbocycles. The van der Waals surface area contributed by atoms with Crippen molar-refractivity contribution in [3.05, 3.63) is 70.6 Å². The molecule has 148 valence electrons. The summed E-state index contributed by atoms with van der Waals surface area (Å²) in [7, 11) is 0. The highest BCUT2D eigenvalue weighted by Gasteiger charge is 2.22. The molecule has 0 spiro atoms. The third-order valence-electron chi connectivity index (χ3n) is 5.35. The summed E-state index contributed by atoms with van der Waals surface area (Å²) in [6.07, 6.45) is 1.47. The van der Waals surface area contributed by atoms with Crippen LogP contribution in [-0.4, -0.2) is 35.8 Å². The van der Waals surface area contributed by atoms with E-state index in [-0.39, 0.29) is 17.9 Å². The van der Waals surface area contributed by atoms with Crippen LogP contribution in [0.3, 0.4) is 0 Å². The second-order valence-electron chi connectivity index (χ2n) is 7.32. The predicted octanol–water partition coefficient (Wildman–Crippen LogP) is 3.20. The standard InChI is InChI=1S/C23H22N2O4/c1-15(26)25-11-9-19(10-12-25)24-22(27)18-7-4-6-16(13-18)20-14-17-5-2-3-8-21(17)29-23(20)28/h2-8,13-14,19H,9-12H2,1H3,(H,24,27). The van der Waals surface area contributed by atoms with Gasteiger partial charge < -0.3 is 14.6 Å². The van der Waals surface area contributed by atoms with Crippen molar-refractivity contribution in [2.24, 2.45) is 0 Å². The molecule has 0 bridgehead atoms. The van der Waals surface area contributed by atoms with Gasteiger partial charge in [-0.3, -0.25) is 9.59 Å². The second-order valence-corrected chi connectivity index (χ2v) is 7.32. The Hall–Kier alpha value is -3.41. The Kier molecular flexibility index (Phi) is 5.16. The lowest BCUT2D eigenvalue weighted by Crippen LogP contribution is -2.46. The largest absolute Gasteiger partial charge is 0.422 e. The van der Waals surface area contributed by atoms with Gasteiger partial charge in [0.05, 0.1) is 5.56 Å². The number of fused-ring (bicyclic) bond motifs is 1.